The fourth-order valence-electron chi connectivity index (χ4n) is 1.87. The lowest BCUT2D eigenvalue weighted by atomic mass is 9.94. The van der Waals surface area contributed by atoms with Crippen molar-refractivity contribution in [3.8, 4) is 0 Å². The molecular formula is C14H22O. The Morgan fingerprint density at radius 1 is 1.13 bits per heavy atom. The molecule has 1 heteroatoms. The van der Waals surface area contributed by atoms with Crippen LogP contribution in [0, 0.1) is 12.8 Å². The van der Waals surface area contributed by atoms with Crippen LogP contribution in [0.5, 0.6) is 0 Å². The fourth-order valence-corrected chi connectivity index (χ4v) is 1.87. The Hall–Kier alpha value is -0.820. The van der Waals surface area contributed by atoms with Crippen molar-refractivity contribution >= 4 is 0 Å². The first-order valence-corrected chi connectivity index (χ1v) is 5.74. The van der Waals surface area contributed by atoms with E-state index in [9.17, 15) is 0 Å². The molecule has 84 valence electrons. The minimum atomic E-state index is 0.227. The molecule has 0 spiro atoms. The van der Waals surface area contributed by atoms with Gasteiger partial charge in [-0.1, -0.05) is 44.5 Å². The summed E-state index contributed by atoms with van der Waals surface area (Å²) in [4.78, 5) is 0. The zero-order valence-electron chi connectivity index (χ0n) is 10.2. The molecule has 0 aliphatic carbocycles. The third-order valence-electron chi connectivity index (χ3n) is 2.65. The van der Waals surface area contributed by atoms with Crippen molar-refractivity contribution in [2.75, 3.05) is 6.61 Å². The summed E-state index contributed by atoms with van der Waals surface area (Å²) in [6.45, 7) is 8.88. The van der Waals surface area contributed by atoms with E-state index in [2.05, 4.69) is 45.9 Å². The molecule has 1 N–H and O–H groups in total. The average Bonchev–Trinajstić information content (AvgIpc) is 2.14. The van der Waals surface area contributed by atoms with Gasteiger partial charge in [0.1, 0.15) is 0 Å². The number of aliphatic hydroxyl groups excluding tert-OH is 1. The van der Waals surface area contributed by atoms with E-state index in [1.54, 1.807) is 0 Å². The maximum atomic E-state index is 9.15. The first-order chi connectivity index (χ1) is 7.02. The summed E-state index contributed by atoms with van der Waals surface area (Å²) in [5.41, 5.74) is 3.94. The molecule has 1 aromatic rings. The Morgan fingerprint density at radius 3 is 2.33 bits per heavy atom. The van der Waals surface area contributed by atoms with Gasteiger partial charge in [0, 0.05) is 12.5 Å². The van der Waals surface area contributed by atoms with E-state index in [1.807, 2.05) is 0 Å². The lowest BCUT2D eigenvalue weighted by Gasteiger charge is -2.13. The van der Waals surface area contributed by atoms with E-state index in [0.717, 1.165) is 6.42 Å². The van der Waals surface area contributed by atoms with Crippen molar-refractivity contribution < 1.29 is 5.11 Å². The molecule has 15 heavy (non-hydrogen) atoms. The third kappa shape index (κ3) is 3.67. The average molecular weight is 206 g/mol. The maximum absolute atomic E-state index is 9.15. The Labute approximate surface area is 93.1 Å². The molecule has 1 rings (SSSR count). The molecule has 0 saturated heterocycles. The normalized spacial score (nSPS) is 13.2. The van der Waals surface area contributed by atoms with E-state index < -0.39 is 0 Å². The van der Waals surface area contributed by atoms with Crippen LogP contribution in [0.15, 0.2) is 18.2 Å². The van der Waals surface area contributed by atoms with Crippen LogP contribution in [-0.2, 0) is 6.42 Å². The Kier molecular flexibility index (Phi) is 4.34. The summed E-state index contributed by atoms with van der Waals surface area (Å²) < 4.78 is 0. The minimum Gasteiger partial charge on any atom is -0.396 e. The van der Waals surface area contributed by atoms with Gasteiger partial charge in [-0.3, -0.25) is 0 Å². The largest absolute Gasteiger partial charge is 0.396 e. The third-order valence-corrected chi connectivity index (χ3v) is 2.65. The van der Waals surface area contributed by atoms with Gasteiger partial charge in [-0.15, -0.1) is 0 Å². The summed E-state index contributed by atoms with van der Waals surface area (Å²) >= 11 is 0. The van der Waals surface area contributed by atoms with Crippen molar-refractivity contribution in [1.82, 2.24) is 0 Å². The molecule has 1 aromatic carbocycles. The van der Waals surface area contributed by atoms with E-state index in [4.69, 9.17) is 5.11 Å². The van der Waals surface area contributed by atoms with Crippen LogP contribution in [0.1, 0.15) is 43.4 Å². The number of hydrogen-bond donors (Lipinski definition) is 1. The summed E-state index contributed by atoms with van der Waals surface area (Å²) in [5, 5.41) is 9.15. The van der Waals surface area contributed by atoms with Crippen LogP contribution in [0.4, 0.5) is 0 Å². The van der Waals surface area contributed by atoms with Crippen LogP contribution in [0.3, 0.4) is 0 Å². The van der Waals surface area contributed by atoms with Gasteiger partial charge in [0.25, 0.3) is 0 Å². The summed E-state index contributed by atoms with van der Waals surface area (Å²) in [6.07, 6.45) is 1.12. The lowest BCUT2D eigenvalue weighted by molar-refractivity contribution is 0.273. The number of aliphatic hydroxyl groups is 1. The maximum Gasteiger partial charge on any atom is 0.0497 e. The topological polar surface area (TPSA) is 20.2 Å². The molecule has 0 amide bonds. The van der Waals surface area contributed by atoms with Gasteiger partial charge in [0.05, 0.1) is 0 Å². The van der Waals surface area contributed by atoms with Crippen molar-refractivity contribution in [2.45, 2.75) is 40.0 Å². The molecular weight excluding hydrogens is 184 g/mol. The molecule has 0 aromatic heterocycles. The Morgan fingerprint density at radius 2 is 1.80 bits per heavy atom. The number of benzene rings is 1. The minimum absolute atomic E-state index is 0.227. The van der Waals surface area contributed by atoms with Crippen molar-refractivity contribution in [2.24, 2.45) is 5.92 Å². The molecule has 0 radical (unpaired) electrons. The molecule has 0 bridgehead atoms. The second-order valence-electron chi connectivity index (χ2n) is 4.93. The number of rotatable bonds is 4. The highest BCUT2D eigenvalue weighted by atomic mass is 16.3. The highest BCUT2D eigenvalue weighted by Gasteiger charge is 2.06. The van der Waals surface area contributed by atoms with Gasteiger partial charge in [-0.25, -0.2) is 0 Å². The monoisotopic (exact) mass is 206 g/mol. The van der Waals surface area contributed by atoms with Gasteiger partial charge >= 0.3 is 0 Å². The number of aryl methyl sites for hydroxylation is 1. The standard InChI is InChI=1S/C14H22O/c1-10(2)5-13-6-11(3)7-14(8-13)12(4)9-15/h6-8,10,12,15H,5,9H2,1-4H3. The van der Waals surface area contributed by atoms with Gasteiger partial charge in [0.15, 0.2) is 0 Å². The quantitative estimate of drug-likeness (QED) is 0.801. The van der Waals surface area contributed by atoms with Crippen LogP contribution < -0.4 is 0 Å². The molecule has 0 aliphatic heterocycles. The first-order valence-electron chi connectivity index (χ1n) is 5.74. The smallest absolute Gasteiger partial charge is 0.0497 e. The zero-order chi connectivity index (χ0) is 11.4. The molecule has 1 nitrogen and oxygen atoms in total. The zero-order valence-corrected chi connectivity index (χ0v) is 10.2. The lowest BCUT2D eigenvalue weighted by Crippen LogP contribution is -2.02. The predicted octanol–water partition coefficient (Wildman–Crippen LogP) is 3.29. The van der Waals surface area contributed by atoms with Gasteiger partial charge in [0.2, 0.25) is 0 Å². The van der Waals surface area contributed by atoms with E-state index >= 15 is 0 Å². The molecule has 1 unspecified atom stereocenters. The fraction of sp³-hybridized carbons (Fsp3) is 0.571. The second-order valence-corrected chi connectivity index (χ2v) is 4.93. The summed E-state index contributed by atoms with van der Waals surface area (Å²) in [5.74, 6) is 0.930. The molecule has 0 heterocycles. The van der Waals surface area contributed by atoms with Crippen molar-refractivity contribution in [3.05, 3.63) is 34.9 Å². The predicted molar refractivity (Wildman–Crippen MR) is 65.2 cm³/mol. The highest BCUT2D eigenvalue weighted by Crippen LogP contribution is 2.20. The van der Waals surface area contributed by atoms with Gasteiger partial charge < -0.3 is 5.11 Å². The van der Waals surface area contributed by atoms with E-state index in [1.165, 1.54) is 16.7 Å². The summed E-state index contributed by atoms with van der Waals surface area (Å²) in [6, 6.07) is 6.65. The van der Waals surface area contributed by atoms with Crippen LogP contribution in [0.2, 0.25) is 0 Å². The number of hydrogen-bond acceptors (Lipinski definition) is 1. The van der Waals surface area contributed by atoms with E-state index in [-0.39, 0.29) is 12.5 Å². The van der Waals surface area contributed by atoms with E-state index in [0.29, 0.717) is 5.92 Å². The van der Waals surface area contributed by atoms with Crippen molar-refractivity contribution in [3.63, 3.8) is 0 Å². The Balaban J connectivity index is 2.94. The molecule has 1 atom stereocenters. The molecule has 0 aliphatic rings. The summed E-state index contributed by atoms with van der Waals surface area (Å²) in [7, 11) is 0. The van der Waals surface area contributed by atoms with Crippen molar-refractivity contribution in [1.29, 1.82) is 0 Å². The van der Waals surface area contributed by atoms with Gasteiger partial charge in [-0.2, -0.15) is 0 Å². The van der Waals surface area contributed by atoms with Crippen LogP contribution in [-0.4, -0.2) is 11.7 Å². The Bertz CT molecular complexity index is 315. The molecule has 0 saturated carbocycles. The molecule has 0 fully saturated rings. The SMILES string of the molecule is Cc1cc(CC(C)C)cc(C(C)CO)c1. The van der Waals surface area contributed by atoms with Gasteiger partial charge in [-0.05, 0) is 30.4 Å². The van der Waals surface area contributed by atoms with Crippen LogP contribution >= 0.6 is 0 Å². The van der Waals surface area contributed by atoms with Crippen LogP contribution in [0.25, 0.3) is 0 Å². The first kappa shape index (κ1) is 12.3. The second kappa shape index (κ2) is 5.32. The highest BCUT2D eigenvalue weighted by molar-refractivity contribution is 5.31.